The standard InChI is InChI=1S/C17H30N4/c1-5-13-7-9-14(10-8-13)11-19-17-12(3)16(18-4)20-15(6-2)21-17/h13-14H,5-11H2,1-4H3,(H2,18,19,20,21). The molecule has 0 amide bonds. The number of nitrogens with zero attached hydrogens (tertiary/aromatic N) is 2. The van der Waals surface area contributed by atoms with Gasteiger partial charge in [0.25, 0.3) is 0 Å². The minimum atomic E-state index is 0.797. The highest BCUT2D eigenvalue weighted by Gasteiger charge is 2.20. The summed E-state index contributed by atoms with van der Waals surface area (Å²) in [4.78, 5) is 9.18. The van der Waals surface area contributed by atoms with Crippen LogP contribution in [0.1, 0.15) is 57.3 Å². The second kappa shape index (κ2) is 7.62. The van der Waals surface area contributed by atoms with Gasteiger partial charge in [0.05, 0.1) is 0 Å². The Bertz CT molecular complexity index is 450. The number of hydrogen-bond donors (Lipinski definition) is 2. The molecule has 0 atom stereocenters. The first-order valence-electron chi connectivity index (χ1n) is 8.47. The highest BCUT2D eigenvalue weighted by molar-refractivity contribution is 5.57. The van der Waals surface area contributed by atoms with Gasteiger partial charge in [-0.2, -0.15) is 0 Å². The van der Waals surface area contributed by atoms with Crippen LogP contribution in [0.3, 0.4) is 0 Å². The predicted octanol–water partition coefficient (Wildman–Crippen LogP) is 4.02. The molecule has 2 N–H and O–H groups in total. The SMILES string of the molecule is CCc1nc(NC)c(C)c(NCC2CCC(CC)CC2)n1. The van der Waals surface area contributed by atoms with Gasteiger partial charge in [0.2, 0.25) is 0 Å². The van der Waals surface area contributed by atoms with Crippen molar-refractivity contribution in [2.45, 2.75) is 59.3 Å². The molecule has 21 heavy (non-hydrogen) atoms. The molecule has 1 aliphatic carbocycles. The van der Waals surface area contributed by atoms with Crippen LogP contribution in [0.5, 0.6) is 0 Å². The van der Waals surface area contributed by atoms with E-state index in [9.17, 15) is 0 Å². The van der Waals surface area contributed by atoms with Gasteiger partial charge < -0.3 is 10.6 Å². The fraction of sp³-hybridized carbons (Fsp3) is 0.765. The zero-order chi connectivity index (χ0) is 15.2. The third-order valence-corrected chi connectivity index (χ3v) is 4.85. The van der Waals surface area contributed by atoms with E-state index in [1.165, 1.54) is 32.1 Å². The Kier molecular flexibility index (Phi) is 5.83. The molecular weight excluding hydrogens is 260 g/mol. The number of aromatic nitrogens is 2. The summed E-state index contributed by atoms with van der Waals surface area (Å²) in [6, 6.07) is 0. The van der Waals surface area contributed by atoms with E-state index in [2.05, 4.69) is 41.4 Å². The molecule has 0 saturated heterocycles. The van der Waals surface area contributed by atoms with E-state index < -0.39 is 0 Å². The van der Waals surface area contributed by atoms with E-state index in [1.807, 2.05) is 7.05 Å². The molecule has 0 radical (unpaired) electrons. The molecule has 118 valence electrons. The minimum Gasteiger partial charge on any atom is -0.373 e. The van der Waals surface area contributed by atoms with Crippen LogP contribution in [-0.2, 0) is 6.42 Å². The summed E-state index contributed by atoms with van der Waals surface area (Å²) in [5.74, 6) is 4.61. The van der Waals surface area contributed by atoms with Crippen molar-refractivity contribution in [1.29, 1.82) is 0 Å². The van der Waals surface area contributed by atoms with Crippen molar-refractivity contribution in [1.82, 2.24) is 9.97 Å². The van der Waals surface area contributed by atoms with E-state index in [1.54, 1.807) is 0 Å². The molecule has 1 aliphatic rings. The average molecular weight is 290 g/mol. The lowest BCUT2D eigenvalue weighted by atomic mass is 9.81. The molecule has 0 aliphatic heterocycles. The van der Waals surface area contributed by atoms with E-state index >= 15 is 0 Å². The van der Waals surface area contributed by atoms with Crippen LogP contribution >= 0.6 is 0 Å². The molecule has 2 rings (SSSR count). The van der Waals surface area contributed by atoms with Gasteiger partial charge in [-0.15, -0.1) is 0 Å². The maximum Gasteiger partial charge on any atom is 0.134 e. The summed E-state index contributed by atoms with van der Waals surface area (Å²) < 4.78 is 0. The van der Waals surface area contributed by atoms with Gasteiger partial charge in [0.1, 0.15) is 17.5 Å². The van der Waals surface area contributed by atoms with E-state index in [4.69, 9.17) is 0 Å². The Morgan fingerprint density at radius 3 is 2.19 bits per heavy atom. The topological polar surface area (TPSA) is 49.8 Å². The summed E-state index contributed by atoms with van der Waals surface area (Å²) >= 11 is 0. The summed E-state index contributed by atoms with van der Waals surface area (Å²) in [5.41, 5.74) is 1.12. The number of aryl methyl sites for hydroxylation is 1. The first kappa shape index (κ1) is 16.1. The molecule has 4 heteroatoms. The minimum absolute atomic E-state index is 0.797. The molecule has 0 aromatic carbocycles. The molecule has 1 saturated carbocycles. The van der Waals surface area contributed by atoms with Gasteiger partial charge in [0, 0.05) is 25.6 Å². The van der Waals surface area contributed by atoms with Crippen LogP contribution in [-0.4, -0.2) is 23.6 Å². The van der Waals surface area contributed by atoms with Crippen LogP contribution in [0.2, 0.25) is 0 Å². The number of anilines is 2. The average Bonchev–Trinajstić information content (AvgIpc) is 2.54. The lowest BCUT2D eigenvalue weighted by molar-refractivity contribution is 0.278. The zero-order valence-corrected chi connectivity index (χ0v) is 14.0. The van der Waals surface area contributed by atoms with E-state index in [0.29, 0.717) is 0 Å². The van der Waals surface area contributed by atoms with Crippen molar-refractivity contribution in [3.8, 4) is 0 Å². The smallest absolute Gasteiger partial charge is 0.134 e. The summed E-state index contributed by atoms with van der Waals surface area (Å²) in [6.45, 7) is 7.54. The maximum atomic E-state index is 4.65. The van der Waals surface area contributed by atoms with E-state index in [-0.39, 0.29) is 0 Å². The Balaban J connectivity index is 1.96. The second-order valence-electron chi connectivity index (χ2n) is 6.24. The predicted molar refractivity (Wildman–Crippen MR) is 89.9 cm³/mol. The van der Waals surface area contributed by atoms with E-state index in [0.717, 1.165) is 47.8 Å². The summed E-state index contributed by atoms with van der Waals surface area (Å²) in [5, 5.41) is 6.74. The van der Waals surface area contributed by atoms with Crippen molar-refractivity contribution in [2.75, 3.05) is 24.2 Å². The third kappa shape index (κ3) is 4.08. The van der Waals surface area contributed by atoms with Gasteiger partial charge >= 0.3 is 0 Å². The monoisotopic (exact) mass is 290 g/mol. The van der Waals surface area contributed by atoms with Gasteiger partial charge in [-0.05, 0) is 31.6 Å². The molecule has 1 aromatic rings. The normalized spacial score (nSPS) is 22.1. The molecule has 1 heterocycles. The Morgan fingerprint density at radius 1 is 1.00 bits per heavy atom. The number of rotatable bonds is 6. The number of hydrogen-bond acceptors (Lipinski definition) is 4. The largest absolute Gasteiger partial charge is 0.373 e. The van der Waals surface area contributed by atoms with Crippen LogP contribution in [0.25, 0.3) is 0 Å². The molecular formula is C17H30N4. The van der Waals surface area contributed by atoms with Crippen molar-refractivity contribution < 1.29 is 0 Å². The fourth-order valence-corrected chi connectivity index (χ4v) is 3.22. The van der Waals surface area contributed by atoms with Crippen LogP contribution in [0, 0.1) is 18.8 Å². The van der Waals surface area contributed by atoms with Gasteiger partial charge in [-0.3, -0.25) is 0 Å². The van der Waals surface area contributed by atoms with Crippen LogP contribution in [0.4, 0.5) is 11.6 Å². The Morgan fingerprint density at radius 2 is 1.62 bits per heavy atom. The molecule has 0 bridgehead atoms. The quantitative estimate of drug-likeness (QED) is 0.831. The highest BCUT2D eigenvalue weighted by Crippen LogP contribution is 2.31. The first-order chi connectivity index (χ1) is 10.2. The summed E-state index contributed by atoms with van der Waals surface area (Å²) in [7, 11) is 1.92. The van der Waals surface area contributed by atoms with Crippen molar-refractivity contribution >= 4 is 11.6 Å². The lowest BCUT2D eigenvalue weighted by Gasteiger charge is -2.28. The maximum absolute atomic E-state index is 4.65. The number of nitrogens with one attached hydrogen (secondary N) is 2. The third-order valence-electron chi connectivity index (χ3n) is 4.85. The molecule has 1 aromatic heterocycles. The second-order valence-corrected chi connectivity index (χ2v) is 6.24. The highest BCUT2D eigenvalue weighted by atomic mass is 15.1. The van der Waals surface area contributed by atoms with Gasteiger partial charge in [0.15, 0.2) is 0 Å². The molecule has 0 unspecified atom stereocenters. The van der Waals surface area contributed by atoms with Crippen LogP contribution < -0.4 is 10.6 Å². The zero-order valence-electron chi connectivity index (χ0n) is 14.0. The molecule has 0 spiro atoms. The summed E-state index contributed by atoms with van der Waals surface area (Å²) in [6.07, 6.45) is 7.72. The fourth-order valence-electron chi connectivity index (χ4n) is 3.22. The van der Waals surface area contributed by atoms with Gasteiger partial charge in [-0.1, -0.05) is 33.1 Å². The first-order valence-corrected chi connectivity index (χ1v) is 8.47. The van der Waals surface area contributed by atoms with Crippen molar-refractivity contribution in [3.05, 3.63) is 11.4 Å². The molecule has 4 nitrogen and oxygen atoms in total. The Hall–Kier alpha value is -1.32. The van der Waals surface area contributed by atoms with Gasteiger partial charge in [-0.25, -0.2) is 9.97 Å². The van der Waals surface area contributed by atoms with Crippen LogP contribution in [0.15, 0.2) is 0 Å². The lowest BCUT2D eigenvalue weighted by Crippen LogP contribution is -2.22. The van der Waals surface area contributed by atoms with Crippen molar-refractivity contribution in [3.63, 3.8) is 0 Å². The Labute approximate surface area is 129 Å². The molecule has 1 fully saturated rings. The van der Waals surface area contributed by atoms with Crippen molar-refractivity contribution in [2.24, 2.45) is 11.8 Å².